The van der Waals surface area contributed by atoms with E-state index < -0.39 is 0 Å². The van der Waals surface area contributed by atoms with E-state index in [1.807, 2.05) is 19.9 Å². The van der Waals surface area contributed by atoms with Gasteiger partial charge in [-0.25, -0.2) is 0 Å². The molecule has 0 unspecified atom stereocenters. The minimum Gasteiger partial charge on any atom is -0.328 e. The van der Waals surface area contributed by atoms with Crippen molar-refractivity contribution in [2.45, 2.75) is 32.7 Å². The second-order valence-electron chi connectivity index (χ2n) is 3.61. The van der Waals surface area contributed by atoms with E-state index in [1.54, 1.807) is 0 Å². The van der Waals surface area contributed by atoms with Crippen LogP contribution in [0.15, 0.2) is 18.2 Å². The number of rotatable bonds is 3. The Labute approximate surface area is 84.9 Å². The Balaban J connectivity index is 2.67. The summed E-state index contributed by atoms with van der Waals surface area (Å²) in [5.41, 5.74) is 8.08. The average molecular weight is 198 g/mol. The molecule has 72 valence electrons. The van der Waals surface area contributed by atoms with E-state index in [4.69, 9.17) is 17.3 Å². The highest BCUT2D eigenvalue weighted by molar-refractivity contribution is 6.31. The molecule has 13 heavy (non-hydrogen) atoms. The molecule has 0 aliphatic heterocycles. The first-order chi connectivity index (χ1) is 6.09. The second kappa shape index (κ2) is 4.64. The number of nitrogens with two attached hydrogens (primary N) is 1. The van der Waals surface area contributed by atoms with E-state index in [-0.39, 0.29) is 6.04 Å². The molecule has 0 spiro atoms. The summed E-state index contributed by atoms with van der Waals surface area (Å²) in [6.45, 7) is 4.06. The van der Waals surface area contributed by atoms with E-state index in [1.165, 1.54) is 11.1 Å². The molecule has 0 fully saturated rings. The smallest absolute Gasteiger partial charge is 0.0440 e. The van der Waals surface area contributed by atoms with Gasteiger partial charge in [0.05, 0.1) is 0 Å². The van der Waals surface area contributed by atoms with E-state index in [9.17, 15) is 0 Å². The van der Waals surface area contributed by atoms with Gasteiger partial charge in [0.2, 0.25) is 0 Å². The number of aryl methyl sites for hydroxylation is 2. The fourth-order valence-electron chi connectivity index (χ4n) is 1.24. The maximum Gasteiger partial charge on any atom is 0.0440 e. The number of hydrogen-bond acceptors (Lipinski definition) is 1. The van der Waals surface area contributed by atoms with Gasteiger partial charge in [-0.2, -0.15) is 0 Å². The third-order valence-corrected chi connectivity index (χ3v) is 2.43. The van der Waals surface area contributed by atoms with Crippen molar-refractivity contribution in [3.8, 4) is 0 Å². The molecule has 1 rings (SSSR count). The van der Waals surface area contributed by atoms with Gasteiger partial charge in [-0.1, -0.05) is 23.7 Å². The third-order valence-electron chi connectivity index (χ3n) is 2.08. The van der Waals surface area contributed by atoms with Gasteiger partial charge in [-0.05, 0) is 43.9 Å². The normalized spacial score (nSPS) is 12.9. The minimum absolute atomic E-state index is 0.248. The van der Waals surface area contributed by atoms with E-state index in [0.717, 1.165) is 17.9 Å². The average Bonchev–Trinajstić information content (AvgIpc) is 2.02. The van der Waals surface area contributed by atoms with Gasteiger partial charge < -0.3 is 5.73 Å². The molecule has 0 radical (unpaired) electrons. The van der Waals surface area contributed by atoms with Crippen molar-refractivity contribution < 1.29 is 0 Å². The topological polar surface area (TPSA) is 26.0 Å². The molecule has 0 saturated heterocycles. The molecule has 0 saturated carbocycles. The maximum absolute atomic E-state index is 6.07. The lowest BCUT2D eigenvalue weighted by molar-refractivity contribution is 0.666. The summed E-state index contributed by atoms with van der Waals surface area (Å²) in [5.74, 6) is 0. The first-order valence-electron chi connectivity index (χ1n) is 4.60. The van der Waals surface area contributed by atoms with Crippen LogP contribution in [0.1, 0.15) is 24.5 Å². The molecule has 0 bridgehead atoms. The largest absolute Gasteiger partial charge is 0.328 e. The molecule has 0 aromatic heterocycles. The zero-order valence-corrected chi connectivity index (χ0v) is 8.93. The Bertz CT molecular complexity index is 281. The van der Waals surface area contributed by atoms with Crippen molar-refractivity contribution in [1.82, 2.24) is 0 Å². The third kappa shape index (κ3) is 3.37. The van der Waals surface area contributed by atoms with Crippen molar-refractivity contribution >= 4 is 11.6 Å². The predicted octanol–water partition coefficient (Wildman–Crippen LogP) is 2.93. The zero-order valence-electron chi connectivity index (χ0n) is 8.18. The molecular formula is C11H16ClN. The van der Waals surface area contributed by atoms with Crippen LogP contribution < -0.4 is 5.73 Å². The molecule has 0 amide bonds. The summed E-state index contributed by atoms with van der Waals surface area (Å²) in [7, 11) is 0. The summed E-state index contributed by atoms with van der Waals surface area (Å²) in [6, 6.07) is 6.41. The summed E-state index contributed by atoms with van der Waals surface area (Å²) in [6.07, 6.45) is 1.96. The molecule has 2 N–H and O–H groups in total. The Hall–Kier alpha value is -0.530. The summed E-state index contributed by atoms with van der Waals surface area (Å²) < 4.78 is 0. The molecule has 1 aromatic rings. The molecule has 0 aliphatic carbocycles. The van der Waals surface area contributed by atoms with E-state index >= 15 is 0 Å². The van der Waals surface area contributed by atoms with Crippen LogP contribution in [0.4, 0.5) is 0 Å². The minimum atomic E-state index is 0.248. The van der Waals surface area contributed by atoms with Gasteiger partial charge >= 0.3 is 0 Å². The monoisotopic (exact) mass is 197 g/mol. The van der Waals surface area contributed by atoms with Gasteiger partial charge in [0, 0.05) is 11.1 Å². The Morgan fingerprint density at radius 3 is 2.69 bits per heavy atom. The molecular weight excluding hydrogens is 182 g/mol. The van der Waals surface area contributed by atoms with Crippen LogP contribution in [-0.4, -0.2) is 6.04 Å². The molecule has 1 atom stereocenters. The summed E-state index contributed by atoms with van der Waals surface area (Å²) in [5, 5.41) is 0.862. The van der Waals surface area contributed by atoms with Gasteiger partial charge in [0.15, 0.2) is 0 Å². The van der Waals surface area contributed by atoms with E-state index in [0.29, 0.717) is 0 Å². The lowest BCUT2D eigenvalue weighted by Gasteiger charge is -2.07. The van der Waals surface area contributed by atoms with Gasteiger partial charge in [0.1, 0.15) is 0 Å². The van der Waals surface area contributed by atoms with Crippen LogP contribution >= 0.6 is 11.6 Å². The van der Waals surface area contributed by atoms with Crippen LogP contribution in [0.2, 0.25) is 5.02 Å². The zero-order chi connectivity index (χ0) is 9.84. The van der Waals surface area contributed by atoms with Crippen LogP contribution in [0.25, 0.3) is 0 Å². The summed E-state index contributed by atoms with van der Waals surface area (Å²) in [4.78, 5) is 0. The second-order valence-corrected chi connectivity index (χ2v) is 4.02. The Morgan fingerprint density at radius 2 is 2.15 bits per heavy atom. The standard InChI is InChI=1S/C11H16ClN/c1-8-3-5-10(11(12)7-8)6-4-9(2)13/h3,5,7,9H,4,6,13H2,1-2H3/t9-/m0/s1. The van der Waals surface area contributed by atoms with Crippen LogP contribution in [0.3, 0.4) is 0 Å². The van der Waals surface area contributed by atoms with Crippen molar-refractivity contribution in [2.24, 2.45) is 5.73 Å². The van der Waals surface area contributed by atoms with Crippen LogP contribution in [0.5, 0.6) is 0 Å². The summed E-state index contributed by atoms with van der Waals surface area (Å²) >= 11 is 6.07. The highest BCUT2D eigenvalue weighted by atomic mass is 35.5. The SMILES string of the molecule is Cc1ccc(CC[C@H](C)N)c(Cl)c1. The predicted molar refractivity (Wildman–Crippen MR) is 58.2 cm³/mol. The Kier molecular flexibility index (Phi) is 3.76. The molecule has 1 nitrogen and oxygen atoms in total. The number of benzene rings is 1. The number of halogens is 1. The van der Waals surface area contributed by atoms with Gasteiger partial charge in [-0.3, -0.25) is 0 Å². The Morgan fingerprint density at radius 1 is 1.46 bits per heavy atom. The first-order valence-corrected chi connectivity index (χ1v) is 4.98. The maximum atomic E-state index is 6.07. The van der Waals surface area contributed by atoms with E-state index in [2.05, 4.69) is 12.1 Å². The lowest BCUT2D eigenvalue weighted by atomic mass is 10.1. The van der Waals surface area contributed by atoms with Crippen LogP contribution in [0, 0.1) is 6.92 Å². The van der Waals surface area contributed by atoms with Crippen molar-refractivity contribution in [2.75, 3.05) is 0 Å². The molecule has 0 aliphatic rings. The van der Waals surface area contributed by atoms with Crippen molar-refractivity contribution in [3.63, 3.8) is 0 Å². The quantitative estimate of drug-likeness (QED) is 0.793. The molecule has 2 heteroatoms. The number of hydrogen-bond donors (Lipinski definition) is 1. The lowest BCUT2D eigenvalue weighted by Crippen LogP contribution is -2.15. The highest BCUT2D eigenvalue weighted by Gasteiger charge is 2.01. The fraction of sp³-hybridized carbons (Fsp3) is 0.455. The first kappa shape index (κ1) is 10.6. The van der Waals surface area contributed by atoms with Gasteiger partial charge in [0.25, 0.3) is 0 Å². The van der Waals surface area contributed by atoms with Crippen molar-refractivity contribution in [1.29, 1.82) is 0 Å². The molecule has 1 aromatic carbocycles. The fourth-order valence-corrected chi connectivity index (χ4v) is 1.57. The van der Waals surface area contributed by atoms with Gasteiger partial charge in [-0.15, -0.1) is 0 Å². The highest BCUT2D eigenvalue weighted by Crippen LogP contribution is 2.19. The van der Waals surface area contributed by atoms with Crippen LogP contribution in [-0.2, 0) is 6.42 Å². The van der Waals surface area contributed by atoms with Crippen molar-refractivity contribution in [3.05, 3.63) is 34.3 Å². The molecule has 0 heterocycles.